The fraction of sp³-hybridized carbons (Fsp3) is 0. The SMILES string of the molecule is IOB(OI)Oc1ccccc1. The summed E-state index contributed by atoms with van der Waals surface area (Å²) in [7, 11) is -0.659. The van der Waals surface area contributed by atoms with Crippen LogP contribution in [0.25, 0.3) is 0 Å². The molecule has 12 heavy (non-hydrogen) atoms. The van der Waals surface area contributed by atoms with Crippen molar-refractivity contribution in [2.75, 3.05) is 0 Å². The largest absolute Gasteiger partial charge is 0.732 e. The van der Waals surface area contributed by atoms with E-state index in [1.807, 2.05) is 30.3 Å². The number of rotatable bonds is 4. The first-order chi connectivity index (χ1) is 5.86. The van der Waals surface area contributed by atoms with E-state index in [0.29, 0.717) is 0 Å². The third kappa shape index (κ3) is 3.46. The van der Waals surface area contributed by atoms with Crippen LogP contribution in [0, 0.1) is 0 Å². The van der Waals surface area contributed by atoms with Crippen molar-refractivity contribution in [2.24, 2.45) is 0 Å². The normalized spacial score (nSPS) is 9.50. The molecule has 0 aliphatic rings. The Balaban J connectivity index is 2.51. The van der Waals surface area contributed by atoms with Gasteiger partial charge >= 0.3 is 7.32 Å². The molecular formula is C6H5BI2O3. The average molecular weight is 390 g/mol. The van der Waals surface area contributed by atoms with Gasteiger partial charge < -0.3 is 10.6 Å². The summed E-state index contributed by atoms with van der Waals surface area (Å²) in [6, 6.07) is 9.34. The molecule has 64 valence electrons. The van der Waals surface area contributed by atoms with Crippen molar-refractivity contribution < 1.29 is 10.6 Å². The van der Waals surface area contributed by atoms with Gasteiger partial charge in [0.2, 0.25) is 0 Å². The molecule has 0 radical (unpaired) electrons. The second-order valence-corrected chi connectivity index (χ2v) is 2.91. The van der Waals surface area contributed by atoms with E-state index >= 15 is 0 Å². The van der Waals surface area contributed by atoms with E-state index in [1.165, 1.54) is 0 Å². The molecule has 0 heterocycles. The molecule has 0 bridgehead atoms. The van der Waals surface area contributed by atoms with E-state index in [4.69, 9.17) is 10.6 Å². The molecule has 0 spiro atoms. The van der Waals surface area contributed by atoms with Gasteiger partial charge in [0.05, 0.1) is 46.0 Å². The second-order valence-electron chi connectivity index (χ2n) is 1.90. The highest BCUT2D eigenvalue weighted by molar-refractivity contribution is 14.1. The van der Waals surface area contributed by atoms with Crippen molar-refractivity contribution in [3.8, 4) is 5.75 Å². The van der Waals surface area contributed by atoms with Gasteiger partial charge in [0.15, 0.2) is 0 Å². The van der Waals surface area contributed by atoms with E-state index in [0.717, 1.165) is 5.75 Å². The summed E-state index contributed by atoms with van der Waals surface area (Å²) >= 11 is 3.44. The van der Waals surface area contributed by atoms with Crippen molar-refractivity contribution in [2.45, 2.75) is 0 Å². The number of halogens is 2. The van der Waals surface area contributed by atoms with Gasteiger partial charge in [-0.2, -0.15) is 0 Å². The Hall–Kier alpha value is 0.465. The fourth-order valence-corrected chi connectivity index (χ4v) is 1.47. The number of hydrogen-bond donors (Lipinski definition) is 0. The van der Waals surface area contributed by atoms with Gasteiger partial charge in [-0.25, -0.2) is 0 Å². The van der Waals surface area contributed by atoms with Crippen molar-refractivity contribution in [3.05, 3.63) is 30.3 Å². The minimum absolute atomic E-state index is 0.659. The highest BCUT2D eigenvalue weighted by Gasteiger charge is 2.21. The summed E-state index contributed by atoms with van der Waals surface area (Å²) in [5.41, 5.74) is 0. The highest BCUT2D eigenvalue weighted by Crippen LogP contribution is 2.12. The Morgan fingerprint density at radius 3 is 2.08 bits per heavy atom. The molecule has 1 aromatic rings. The Bertz CT molecular complexity index is 217. The maximum Gasteiger partial charge on any atom is 0.732 e. The first-order valence-corrected chi connectivity index (χ1v) is 4.89. The molecule has 0 fully saturated rings. The van der Waals surface area contributed by atoms with Crippen LogP contribution in [0.4, 0.5) is 0 Å². The molecule has 3 nitrogen and oxygen atoms in total. The summed E-state index contributed by atoms with van der Waals surface area (Å²) in [6.07, 6.45) is 0. The molecule has 0 N–H and O–H groups in total. The second kappa shape index (κ2) is 6.00. The van der Waals surface area contributed by atoms with Gasteiger partial charge in [-0.3, -0.25) is 0 Å². The third-order valence-corrected chi connectivity index (χ3v) is 1.95. The predicted octanol–water partition coefficient (Wildman–Crippen LogP) is 2.78. The van der Waals surface area contributed by atoms with Crippen LogP contribution in [-0.4, -0.2) is 7.32 Å². The van der Waals surface area contributed by atoms with Gasteiger partial charge in [0.1, 0.15) is 5.75 Å². The van der Waals surface area contributed by atoms with E-state index in [1.54, 1.807) is 46.0 Å². The lowest BCUT2D eigenvalue weighted by Gasteiger charge is -2.07. The number of para-hydroxylation sites is 1. The van der Waals surface area contributed by atoms with Crippen LogP contribution < -0.4 is 4.65 Å². The first-order valence-electron chi connectivity index (χ1n) is 3.13. The molecule has 0 aliphatic carbocycles. The highest BCUT2D eigenvalue weighted by atomic mass is 127. The zero-order chi connectivity index (χ0) is 8.81. The Labute approximate surface area is 99.3 Å². The maximum atomic E-state index is 5.25. The summed E-state index contributed by atoms with van der Waals surface area (Å²) < 4.78 is 14.9. The van der Waals surface area contributed by atoms with Crippen LogP contribution in [0.1, 0.15) is 0 Å². The molecule has 0 unspecified atom stereocenters. The number of benzene rings is 1. The lowest BCUT2D eigenvalue weighted by Crippen LogP contribution is -2.22. The van der Waals surface area contributed by atoms with Gasteiger partial charge in [-0.05, 0) is 12.1 Å². The monoisotopic (exact) mass is 390 g/mol. The van der Waals surface area contributed by atoms with Crippen molar-refractivity contribution in [3.63, 3.8) is 0 Å². The van der Waals surface area contributed by atoms with E-state index in [9.17, 15) is 0 Å². The van der Waals surface area contributed by atoms with Crippen LogP contribution in [0.5, 0.6) is 5.75 Å². The molecule has 6 heteroatoms. The molecule has 0 atom stereocenters. The molecular weight excluding hydrogens is 385 g/mol. The fourth-order valence-electron chi connectivity index (χ4n) is 0.660. The summed E-state index contributed by atoms with van der Waals surface area (Å²) in [5, 5.41) is 0. The summed E-state index contributed by atoms with van der Waals surface area (Å²) in [6.45, 7) is 0. The Morgan fingerprint density at radius 2 is 1.58 bits per heavy atom. The minimum atomic E-state index is -0.659. The minimum Gasteiger partial charge on any atom is -0.511 e. The smallest absolute Gasteiger partial charge is 0.511 e. The lowest BCUT2D eigenvalue weighted by atomic mass is 10.2. The third-order valence-electron chi connectivity index (χ3n) is 1.12. The Morgan fingerprint density at radius 1 is 1.00 bits per heavy atom. The predicted molar refractivity (Wildman–Crippen MR) is 63.0 cm³/mol. The first kappa shape index (κ1) is 10.5. The molecule has 1 rings (SSSR count). The van der Waals surface area contributed by atoms with Crippen LogP contribution >= 0.6 is 46.0 Å². The zero-order valence-electron chi connectivity index (χ0n) is 5.94. The summed E-state index contributed by atoms with van der Waals surface area (Å²) in [4.78, 5) is 0. The molecule has 0 aromatic heterocycles. The molecule has 1 aromatic carbocycles. The molecule has 0 saturated heterocycles. The van der Waals surface area contributed by atoms with Crippen LogP contribution in [0.3, 0.4) is 0 Å². The van der Waals surface area contributed by atoms with Gasteiger partial charge in [0, 0.05) is 0 Å². The van der Waals surface area contributed by atoms with Gasteiger partial charge in [-0.1, -0.05) is 18.2 Å². The molecule has 0 aliphatic heterocycles. The van der Waals surface area contributed by atoms with E-state index in [-0.39, 0.29) is 0 Å². The topological polar surface area (TPSA) is 27.7 Å². The summed E-state index contributed by atoms with van der Waals surface area (Å²) in [5.74, 6) is 0.718. The van der Waals surface area contributed by atoms with Crippen molar-refractivity contribution in [1.82, 2.24) is 0 Å². The lowest BCUT2D eigenvalue weighted by molar-refractivity contribution is 0.387. The molecule has 0 saturated carbocycles. The van der Waals surface area contributed by atoms with Crippen LogP contribution in [-0.2, 0) is 5.97 Å². The number of hydrogen-bond acceptors (Lipinski definition) is 3. The standard InChI is InChI=1S/C6H5BI2O3/c8-11-7(12-9)10-6-4-2-1-3-5-6/h1-5H. The maximum absolute atomic E-state index is 5.25. The van der Waals surface area contributed by atoms with Gasteiger partial charge in [0.25, 0.3) is 0 Å². The average Bonchev–Trinajstić information content (AvgIpc) is 2.16. The quantitative estimate of drug-likeness (QED) is 0.585. The van der Waals surface area contributed by atoms with E-state index in [2.05, 4.69) is 0 Å². The van der Waals surface area contributed by atoms with Gasteiger partial charge in [-0.15, -0.1) is 0 Å². The zero-order valence-corrected chi connectivity index (χ0v) is 10.3. The van der Waals surface area contributed by atoms with Crippen molar-refractivity contribution >= 4 is 53.3 Å². The van der Waals surface area contributed by atoms with E-state index < -0.39 is 7.32 Å². The Kier molecular flexibility index (Phi) is 5.27. The molecule has 0 amide bonds. The van der Waals surface area contributed by atoms with Crippen LogP contribution in [0.2, 0.25) is 0 Å². The van der Waals surface area contributed by atoms with Crippen molar-refractivity contribution in [1.29, 1.82) is 0 Å². The van der Waals surface area contributed by atoms with Crippen LogP contribution in [0.15, 0.2) is 30.3 Å².